The molecule has 6 heteroatoms. The third-order valence-electron chi connectivity index (χ3n) is 2.73. The number of hydrogen-bond donors (Lipinski definition) is 1. The molecule has 0 aliphatic rings. The number of nitrogens with zero attached hydrogens (tertiary/aromatic N) is 1. The Bertz CT molecular complexity index is 665. The first kappa shape index (κ1) is 13.5. The molecule has 0 unspecified atom stereocenters. The minimum Gasteiger partial charge on any atom is -0.872 e. The molecular weight excluding hydrogens is 260 g/mol. The van der Waals surface area contributed by atoms with Crippen molar-refractivity contribution in [2.75, 3.05) is 5.32 Å². The second-order valence-corrected chi connectivity index (χ2v) is 4.26. The van der Waals surface area contributed by atoms with Gasteiger partial charge in [0.05, 0.1) is 4.92 Å². The Hall–Kier alpha value is -2.89. The van der Waals surface area contributed by atoms with Crippen molar-refractivity contribution in [2.24, 2.45) is 0 Å². The van der Waals surface area contributed by atoms with Crippen molar-refractivity contribution in [1.82, 2.24) is 0 Å². The number of rotatable bonds is 3. The first-order valence-corrected chi connectivity index (χ1v) is 5.81. The summed E-state index contributed by atoms with van der Waals surface area (Å²) in [6.07, 6.45) is 0. The highest BCUT2D eigenvalue weighted by Crippen LogP contribution is 2.22. The lowest BCUT2D eigenvalue weighted by atomic mass is 10.1. The zero-order valence-corrected chi connectivity index (χ0v) is 10.6. The van der Waals surface area contributed by atoms with E-state index in [1.807, 2.05) is 6.92 Å². The van der Waals surface area contributed by atoms with Gasteiger partial charge < -0.3 is 10.4 Å². The normalized spacial score (nSPS) is 10.1. The molecule has 1 amide bonds. The Morgan fingerprint density at radius 3 is 2.40 bits per heavy atom. The first-order chi connectivity index (χ1) is 9.47. The largest absolute Gasteiger partial charge is 0.872 e. The molecule has 0 bridgehead atoms. The molecule has 0 fully saturated rings. The molecule has 0 spiro atoms. The molecule has 0 saturated heterocycles. The summed E-state index contributed by atoms with van der Waals surface area (Å²) in [4.78, 5) is 22.0. The molecule has 0 atom stereocenters. The second-order valence-electron chi connectivity index (χ2n) is 4.26. The number of amides is 1. The first-order valence-electron chi connectivity index (χ1n) is 5.81. The van der Waals surface area contributed by atoms with Crippen LogP contribution in [-0.4, -0.2) is 10.8 Å². The zero-order valence-electron chi connectivity index (χ0n) is 10.6. The average molecular weight is 271 g/mol. The maximum atomic E-state index is 12.0. The average Bonchev–Trinajstić information content (AvgIpc) is 2.41. The lowest BCUT2D eigenvalue weighted by Crippen LogP contribution is -2.14. The molecule has 20 heavy (non-hydrogen) atoms. The number of hydrogen-bond acceptors (Lipinski definition) is 4. The Morgan fingerprint density at radius 2 is 1.80 bits per heavy atom. The molecule has 2 rings (SSSR count). The van der Waals surface area contributed by atoms with E-state index in [0.717, 1.165) is 23.8 Å². The minimum atomic E-state index is -0.664. The Balaban J connectivity index is 2.26. The minimum absolute atomic E-state index is 0.250. The standard InChI is InChI=1S/C14H12N2O4/c1-9-2-4-10(5-3-9)15-14(18)12-8-11(16(19)20)6-7-13(12)17/h2-8,17H,1H3,(H,15,18)/p-1. The van der Waals surface area contributed by atoms with Gasteiger partial charge in [0.15, 0.2) is 0 Å². The van der Waals surface area contributed by atoms with Gasteiger partial charge in [-0.05, 0) is 19.1 Å². The van der Waals surface area contributed by atoms with Crippen LogP contribution in [0.1, 0.15) is 15.9 Å². The number of nitrogens with one attached hydrogen (secondary N) is 1. The van der Waals surface area contributed by atoms with Crippen molar-refractivity contribution in [3.63, 3.8) is 0 Å². The Kier molecular flexibility index (Phi) is 3.65. The van der Waals surface area contributed by atoms with E-state index in [4.69, 9.17) is 0 Å². The third kappa shape index (κ3) is 2.92. The van der Waals surface area contributed by atoms with Crippen LogP contribution >= 0.6 is 0 Å². The van der Waals surface area contributed by atoms with Crippen LogP contribution in [0.25, 0.3) is 0 Å². The maximum absolute atomic E-state index is 12.0. The smallest absolute Gasteiger partial charge is 0.270 e. The van der Waals surface area contributed by atoms with Crippen molar-refractivity contribution < 1.29 is 14.8 Å². The molecule has 0 aliphatic carbocycles. The van der Waals surface area contributed by atoms with Gasteiger partial charge in [0.25, 0.3) is 11.6 Å². The molecule has 2 aromatic carbocycles. The zero-order chi connectivity index (χ0) is 14.7. The summed E-state index contributed by atoms with van der Waals surface area (Å²) in [6, 6.07) is 10.1. The van der Waals surface area contributed by atoms with Gasteiger partial charge >= 0.3 is 0 Å². The number of carbonyl (C=O) groups is 1. The second kappa shape index (κ2) is 5.40. The van der Waals surface area contributed by atoms with Crippen molar-refractivity contribution in [1.29, 1.82) is 0 Å². The van der Waals surface area contributed by atoms with Gasteiger partial charge in [-0.3, -0.25) is 14.9 Å². The summed E-state index contributed by atoms with van der Waals surface area (Å²) in [5.41, 5.74) is 1.01. The molecule has 1 N–H and O–H groups in total. The van der Waals surface area contributed by atoms with Crippen LogP contribution in [0.4, 0.5) is 11.4 Å². The fraction of sp³-hybridized carbons (Fsp3) is 0.0714. The van der Waals surface area contributed by atoms with Gasteiger partial charge in [-0.15, -0.1) is 0 Å². The highest BCUT2D eigenvalue weighted by molar-refractivity contribution is 6.06. The van der Waals surface area contributed by atoms with Crippen LogP contribution in [0, 0.1) is 17.0 Å². The van der Waals surface area contributed by atoms with Crippen LogP contribution in [-0.2, 0) is 0 Å². The molecule has 0 saturated carbocycles. The molecule has 2 aromatic rings. The number of nitro groups is 1. The molecule has 0 heterocycles. The summed E-state index contributed by atoms with van der Waals surface area (Å²) in [7, 11) is 0. The lowest BCUT2D eigenvalue weighted by Gasteiger charge is -2.13. The highest BCUT2D eigenvalue weighted by Gasteiger charge is 2.12. The van der Waals surface area contributed by atoms with E-state index in [2.05, 4.69) is 5.32 Å². The van der Waals surface area contributed by atoms with E-state index in [0.29, 0.717) is 5.69 Å². The third-order valence-corrected chi connectivity index (χ3v) is 2.73. The predicted molar refractivity (Wildman–Crippen MR) is 71.7 cm³/mol. The van der Waals surface area contributed by atoms with Crippen LogP contribution in [0.5, 0.6) is 5.75 Å². The number of non-ortho nitro benzene ring substituents is 1. The fourth-order valence-electron chi connectivity index (χ4n) is 1.64. The Morgan fingerprint density at radius 1 is 1.15 bits per heavy atom. The van der Waals surface area contributed by atoms with Gasteiger partial charge in [-0.2, -0.15) is 0 Å². The molecule has 0 aromatic heterocycles. The number of benzene rings is 2. The molecule has 6 nitrogen and oxygen atoms in total. The SMILES string of the molecule is Cc1ccc(NC(=O)c2cc([N+](=O)[O-])ccc2[O-])cc1. The topological polar surface area (TPSA) is 95.3 Å². The van der Waals surface area contributed by atoms with Gasteiger partial charge in [-0.25, -0.2) is 0 Å². The Labute approximate surface area is 114 Å². The quantitative estimate of drug-likeness (QED) is 0.684. The van der Waals surface area contributed by atoms with Crippen molar-refractivity contribution in [3.8, 4) is 5.75 Å². The number of anilines is 1. The molecular formula is C14H11N2O4-. The van der Waals surface area contributed by atoms with Crippen molar-refractivity contribution >= 4 is 17.3 Å². The molecule has 0 radical (unpaired) electrons. The van der Waals surface area contributed by atoms with Crippen LogP contribution in [0.2, 0.25) is 0 Å². The van der Waals surface area contributed by atoms with Gasteiger partial charge in [-0.1, -0.05) is 29.5 Å². The van der Waals surface area contributed by atoms with Crippen LogP contribution in [0.15, 0.2) is 42.5 Å². The summed E-state index contributed by atoms with van der Waals surface area (Å²) in [5, 5.41) is 24.8. The molecule has 102 valence electrons. The van der Waals surface area contributed by atoms with Crippen molar-refractivity contribution in [2.45, 2.75) is 6.92 Å². The highest BCUT2D eigenvalue weighted by atomic mass is 16.6. The number of nitro benzene ring substituents is 1. The van der Waals surface area contributed by atoms with Crippen LogP contribution in [0.3, 0.4) is 0 Å². The number of aryl methyl sites for hydroxylation is 1. The van der Waals surface area contributed by atoms with Gasteiger partial charge in [0.1, 0.15) is 0 Å². The van der Waals surface area contributed by atoms with Crippen molar-refractivity contribution in [3.05, 3.63) is 63.7 Å². The monoisotopic (exact) mass is 271 g/mol. The van der Waals surface area contributed by atoms with E-state index < -0.39 is 16.6 Å². The van der Waals surface area contributed by atoms with E-state index >= 15 is 0 Å². The lowest BCUT2D eigenvalue weighted by molar-refractivity contribution is -0.385. The molecule has 0 aliphatic heterocycles. The van der Waals surface area contributed by atoms with Gasteiger partial charge in [0.2, 0.25) is 0 Å². The summed E-state index contributed by atoms with van der Waals surface area (Å²) < 4.78 is 0. The predicted octanol–water partition coefficient (Wildman–Crippen LogP) is 2.23. The van der Waals surface area contributed by atoms with Crippen LogP contribution < -0.4 is 10.4 Å². The van der Waals surface area contributed by atoms with E-state index in [1.54, 1.807) is 24.3 Å². The summed E-state index contributed by atoms with van der Waals surface area (Å²) in [5.74, 6) is -1.22. The van der Waals surface area contributed by atoms with E-state index in [9.17, 15) is 20.0 Å². The maximum Gasteiger partial charge on any atom is 0.270 e. The fourth-order valence-corrected chi connectivity index (χ4v) is 1.64. The summed E-state index contributed by atoms with van der Waals surface area (Å²) in [6.45, 7) is 1.90. The van der Waals surface area contributed by atoms with E-state index in [1.165, 1.54) is 0 Å². The summed E-state index contributed by atoms with van der Waals surface area (Å²) >= 11 is 0. The van der Waals surface area contributed by atoms with E-state index in [-0.39, 0.29) is 11.3 Å². The number of carbonyl (C=O) groups excluding carboxylic acids is 1. The van der Waals surface area contributed by atoms with Gasteiger partial charge in [0, 0.05) is 23.4 Å².